The van der Waals surface area contributed by atoms with E-state index in [1.807, 2.05) is 19.9 Å². The molecule has 1 atom stereocenters. The molecule has 0 radical (unpaired) electrons. The number of fused-ring (bicyclic) bond motifs is 1. The number of hydrogen-bond donors (Lipinski definition) is 1. The smallest absolute Gasteiger partial charge is 0.282 e. The summed E-state index contributed by atoms with van der Waals surface area (Å²) in [5.41, 5.74) is 0.928. The Labute approximate surface area is 185 Å². The first-order valence-corrected chi connectivity index (χ1v) is 12.3. The molecule has 1 unspecified atom stereocenters. The Morgan fingerprint density at radius 1 is 1.22 bits per heavy atom. The number of sulfonamides is 1. The zero-order valence-electron chi connectivity index (χ0n) is 18.2. The molecule has 8 nitrogen and oxygen atoms in total. The van der Waals surface area contributed by atoms with Crippen LogP contribution < -0.4 is 9.62 Å². The first kappa shape index (κ1) is 22.5. The highest BCUT2D eigenvalue weighted by molar-refractivity contribution is 7.88. The van der Waals surface area contributed by atoms with Gasteiger partial charge in [-0.2, -0.15) is 5.10 Å². The number of rotatable bonds is 6. The van der Waals surface area contributed by atoms with Crippen molar-refractivity contribution in [2.24, 2.45) is 5.92 Å². The summed E-state index contributed by atoms with van der Waals surface area (Å²) in [5.74, 6) is 0.838. The minimum Gasteiger partial charge on any atom is -0.356 e. The zero-order valence-corrected chi connectivity index (χ0v) is 19.0. The van der Waals surface area contributed by atoms with Crippen molar-refractivity contribution in [1.29, 1.82) is 0 Å². The summed E-state index contributed by atoms with van der Waals surface area (Å²) in [6.45, 7) is 5.24. The molecule has 0 amide bonds. The van der Waals surface area contributed by atoms with E-state index in [0.29, 0.717) is 17.9 Å². The van der Waals surface area contributed by atoms with Gasteiger partial charge in [-0.15, -0.1) is 0 Å². The van der Waals surface area contributed by atoms with E-state index in [0.717, 1.165) is 30.8 Å². The molecular formula is C21H26F2N6O2S. The van der Waals surface area contributed by atoms with Gasteiger partial charge in [0.25, 0.3) is 6.43 Å². The normalized spacial score (nSPS) is 17.9. The van der Waals surface area contributed by atoms with Crippen molar-refractivity contribution in [2.75, 3.05) is 24.2 Å². The number of imidazole rings is 1. The van der Waals surface area contributed by atoms with E-state index in [1.165, 1.54) is 22.9 Å². The molecule has 0 aromatic carbocycles. The van der Waals surface area contributed by atoms with Crippen LogP contribution in [-0.2, 0) is 10.0 Å². The van der Waals surface area contributed by atoms with Crippen molar-refractivity contribution in [3.63, 3.8) is 0 Å². The number of alkyl halides is 2. The second-order valence-electron chi connectivity index (χ2n) is 8.76. The van der Waals surface area contributed by atoms with Crippen molar-refractivity contribution in [2.45, 2.75) is 38.7 Å². The molecule has 32 heavy (non-hydrogen) atoms. The molecule has 0 bridgehead atoms. The average Bonchev–Trinajstić information content (AvgIpc) is 3.15. The van der Waals surface area contributed by atoms with E-state index in [9.17, 15) is 17.2 Å². The monoisotopic (exact) mass is 464 g/mol. The molecule has 1 aliphatic heterocycles. The third-order valence-electron chi connectivity index (χ3n) is 5.86. The summed E-state index contributed by atoms with van der Waals surface area (Å²) in [5, 5.41) is 4.04. The molecule has 1 aliphatic rings. The highest BCUT2D eigenvalue weighted by atomic mass is 32.2. The number of piperidine rings is 1. The summed E-state index contributed by atoms with van der Waals surface area (Å²) in [6, 6.07) is 6.47. The number of nitrogens with zero attached hydrogens (tertiary/aromatic N) is 5. The van der Waals surface area contributed by atoms with Gasteiger partial charge in [0.2, 0.25) is 10.0 Å². The predicted molar refractivity (Wildman–Crippen MR) is 118 cm³/mol. The lowest BCUT2D eigenvalue weighted by Gasteiger charge is -2.42. The van der Waals surface area contributed by atoms with Gasteiger partial charge in [0.15, 0.2) is 5.65 Å². The van der Waals surface area contributed by atoms with Crippen LogP contribution in [0.2, 0.25) is 0 Å². The number of aromatic nitrogens is 4. The number of hydrogen-bond acceptors (Lipinski definition) is 6. The van der Waals surface area contributed by atoms with Gasteiger partial charge in [-0.25, -0.2) is 36.4 Å². The minimum absolute atomic E-state index is 0.0995. The van der Waals surface area contributed by atoms with Gasteiger partial charge in [0, 0.05) is 30.4 Å². The summed E-state index contributed by atoms with van der Waals surface area (Å²) in [6.07, 6.45) is 3.58. The van der Waals surface area contributed by atoms with Gasteiger partial charge in [0.05, 0.1) is 18.1 Å². The van der Waals surface area contributed by atoms with E-state index < -0.39 is 22.0 Å². The molecule has 4 heterocycles. The fourth-order valence-electron chi connectivity index (χ4n) is 4.29. The Morgan fingerprint density at radius 3 is 2.72 bits per heavy atom. The molecule has 4 rings (SSSR count). The fraction of sp³-hybridized carbons (Fsp3) is 0.476. The Hall–Kier alpha value is -2.66. The summed E-state index contributed by atoms with van der Waals surface area (Å²) in [4.78, 5) is 10.9. The van der Waals surface area contributed by atoms with Crippen LogP contribution in [0.3, 0.4) is 0 Å². The van der Waals surface area contributed by atoms with E-state index in [-0.39, 0.29) is 11.6 Å². The molecule has 0 saturated carbocycles. The van der Waals surface area contributed by atoms with Crippen LogP contribution >= 0.6 is 0 Å². The molecule has 1 N–H and O–H groups in total. The van der Waals surface area contributed by atoms with Crippen LogP contribution in [0.5, 0.6) is 0 Å². The largest absolute Gasteiger partial charge is 0.356 e. The summed E-state index contributed by atoms with van der Waals surface area (Å²) >= 11 is 0. The van der Waals surface area contributed by atoms with Gasteiger partial charge < -0.3 is 4.90 Å². The summed E-state index contributed by atoms with van der Waals surface area (Å²) < 4.78 is 54.0. The maximum atomic E-state index is 13.1. The highest BCUT2D eigenvalue weighted by Crippen LogP contribution is 2.31. The van der Waals surface area contributed by atoms with Gasteiger partial charge in [-0.1, -0.05) is 0 Å². The molecule has 3 aromatic rings. The number of nitrogens with one attached hydrogen (secondary N) is 1. The van der Waals surface area contributed by atoms with Crippen LogP contribution in [0.4, 0.5) is 14.6 Å². The first-order chi connectivity index (χ1) is 15.0. The zero-order chi connectivity index (χ0) is 23.1. The van der Waals surface area contributed by atoms with Gasteiger partial charge in [-0.3, -0.25) is 0 Å². The van der Waals surface area contributed by atoms with Gasteiger partial charge in [0.1, 0.15) is 11.5 Å². The van der Waals surface area contributed by atoms with Gasteiger partial charge in [-0.05, 0) is 56.9 Å². The second kappa shape index (κ2) is 8.36. The lowest BCUT2D eigenvalue weighted by Crippen LogP contribution is -2.54. The number of anilines is 1. The van der Waals surface area contributed by atoms with E-state index in [4.69, 9.17) is 0 Å². The fourth-order valence-corrected chi connectivity index (χ4v) is 5.41. The van der Waals surface area contributed by atoms with Crippen molar-refractivity contribution in [3.8, 4) is 11.3 Å². The van der Waals surface area contributed by atoms with Crippen molar-refractivity contribution in [3.05, 3.63) is 42.4 Å². The molecule has 0 aliphatic carbocycles. The van der Waals surface area contributed by atoms with Crippen molar-refractivity contribution < 1.29 is 17.2 Å². The molecule has 0 spiro atoms. The van der Waals surface area contributed by atoms with E-state index >= 15 is 0 Å². The highest BCUT2D eigenvalue weighted by Gasteiger charge is 2.35. The Bertz CT molecular complexity index is 1230. The Balaban J connectivity index is 1.62. The lowest BCUT2D eigenvalue weighted by molar-refractivity contribution is 0.144. The van der Waals surface area contributed by atoms with Gasteiger partial charge >= 0.3 is 0 Å². The molecule has 172 valence electrons. The molecule has 11 heteroatoms. The SMILES string of the molecule is CC(C)(NS(C)(=O)=O)C1CCCN(c2cc(-c3cnc4ccc(C(F)F)nn34)ccn2)C1. The number of halogens is 2. The van der Waals surface area contributed by atoms with Crippen molar-refractivity contribution in [1.82, 2.24) is 24.3 Å². The summed E-state index contributed by atoms with van der Waals surface area (Å²) in [7, 11) is -3.33. The molecule has 3 aromatic heterocycles. The number of pyridine rings is 1. The third kappa shape index (κ3) is 4.73. The van der Waals surface area contributed by atoms with Crippen LogP contribution in [0, 0.1) is 5.92 Å². The predicted octanol–water partition coefficient (Wildman–Crippen LogP) is 3.27. The van der Waals surface area contributed by atoms with Crippen LogP contribution in [0.15, 0.2) is 36.7 Å². The third-order valence-corrected chi connectivity index (χ3v) is 6.76. The topological polar surface area (TPSA) is 92.5 Å². The lowest BCUT2D eigenvalue weighted by atomic mass is 9.82. The van der Waals surface area contributed by atoms with Crippen molar-refractivity contribution >= 4 is 21.5 Å². The van der Waals surface area contributed by atoms with Crippen LogP contribution in [-0.4, -0.2) is 52.9 Å². The standard InChI is InChI=1S/C21H26F2N6O2S/c1-21(2,27-32(3,30)31)15-5-4-10-28(13-15)19-11-14(8-9-24-19)17-12-25-18-7-6-16(20(22)23)26-29(17)18/h6-9,11-12,15,20,27H,4-5,10,13H2,1-3H3. The maximum Gasteiger partial charge on any atom is 0.282 e. The van der Waals surface area contributed by atoms with Crippen LogP contribution in [0.25, 0.3) is 16.9 Å². The maximum absolute atomic E-state index is 13.1. The first-order valence-electron chi connectivity index (χ1n) is 10.4. The average molecular weight is 465 g/mol. The molecule has 1 saturated heterocycles. The Kier molecular flexibility index (Phi) is 5.89. The molecule has 1 fully saturated rings. The minimum atomic E-state index is -3.33. The van der Waals surface area contributed by atoms with E-state index in [1.54, 1.807) is 18.5 Å². The second-order valence-corrected chi connectivity index (χ2v) is 10.5. The Morgan fingerprint density at radius 2 is 2.00 bits per heavy atom. The molecular weight excluding hydrogens is 438 g/mol. The quantitative estimate of drug-likeness (QED) is 0.602. The van der Waals surface area contributed by atoms with E-state index in [2.05, 4.69) is 24.7 Å². The van der Waals surface area contributed by atoms with Crippen LogP contribution in [0.1, 0.15) is 38.8 Å².